The molecule has 1 aromatic carbocycles. The molecule has 5 nitrogen and oxygen atoms in total. The Morgan fingerprint density at radius 2 is 2.04 bits per heavy atom. The molecule has 0 aromatic heterocycles. The number of alkyl halides is 3. The molecular formula is C18H22F3N3O2. The van der Waals surface area contributed by atoms with Crippen molar-refractivity contribution in [1.82, 2.24) is 10.6 Å². The molecule has 2 heterocycles. The molecule has 1 aromatic rings. The van der Waals surface area contributed by atoms with Crippen LogP contribution in [0.3, 0.4) is 0 Å². The molecule has 3 unspecified atom stereocenters. The number of halogens is 3. The number of carbonyl (C=O) groups excluding carboxylic acids is 2. The first-order chi connectivity index (χ1) is 12.3. The third-order valence-corrected chi connectivity index (χ3v) is 4.95. The number of hydrogen-bond donors (Lipinski definition) is 2. The van der Waals surface area contributed by atoms with Crippen molar-refractivity contribution in [2.45, 2.75) is 31.1 Å². The van der Waals surface area contributed by atoms with E-state index in [0.29, 0.717) is 25.1 Å². The normalized spacial score (nSPS) is 26.2. The molecule has 0 spiro atoms. The third-order valence-electron chi connectivity index (χ3n) is 4.95. The van der Waals surface area contributed by atoms with Gasteiger partial charge in [-0.05, 0) is 55.6 Å². The summed E-state index contributed by atoms with van der Waals surface area (Å²) in [6, 6.07) is 3.77. The van der Waals surface area contributed by atoms with Crippen LogP contribution in [0.2, 0.25) is 0 Å². The Morgan fingerprint density at radius 1 is 1.35 bits per heavy atom. The summed E-state index contributed by atoms with van der Waals surface area (Å²) in [6.07, 6.45) is -2.13. The molecule has 142 valence electrons. The highest BCUT2D eigenvalue weighted by Crippen LogP contribution is 2.35. The van der Waals surface area contributed by atoms with Crippen LogP contribution in [-0.2, 0) is 15.8 Å². The van der Waals surface area contributed by atoms with E-state index in [1.54, 1.807) is 4.90 Å². The van der Waals surface area contributed by atoms with E-state index in [1.165, 1.54) is 12.1 Å². The van der Waals surface area contributed by atoms with E-state index in [0.717, 1.165) is 24.8 Å². The molecular weight excluding hydrogens is 347 g/mol. The van der Waals surface area contributed by atoms with Gasteiger partial charge < -0.3 is 15.5 Å². The van der Waals surface area contributed by atoms with Crippen molar-refractivity contribution < 1.29 is 24.2 Å². The number of hydrogen-bond acceptors (Lipinski definition) is 3. The number of piperidine rings is 2. The highest BCUT2D eigenvalue weighted by Gasteiger charge is 2.43. The van der Waals surface area contributed by atoms with Crippen molar-refractivity contribution in [3.05, 3.63) is 42.5 Å². The van der Waals surface area contributed by atoms with Crippen LogP contribution in [0.5, 0.6) is 0 Å². The van der Waals surface area contributed by atoms with Gasteiger partial charge in [-0.2, -0.15) is 13.2 Å². The number of anilines is 1. The van der Waals surface area contributed by atoms with Crippen molar-refractivity contribution >= 4 is 17.5 Å². The average molecular weight is 369 g/mol. The molecule has 3 rings (SSSR count). The molecule has 2 amide bonds. The van der Waals surface area contributed by atoms with Crippen molar-refractivity contribution in [3.63, 3.8) is 0 Å². The van der Waals surface area contributed by atoms with E-state index in [1.807, 2.05) is 0 Å². The summed E-state index contributed by atoms with van der Waals surface area (Å²) < 4.78 is 38.4. The van der Waals surface area contributed by atoms with Gasteiger partial charge >= 0.3 is 6.18 Å². The summed E-state index contributed by atoms with van der Waals surface area (Å²) in [5, 5.41) is 5.90. The van der Waals surface area contributed by atoms with E-state index < -0.39 is 23.7 Å². The van der Waals surface area contributed by atoms with Crippen molar-refractivity contribution in [3.8, 4) is 0 Å². The second-order valence-corrected chi connectivity index (χ2v) is 6.57. The van der Waals surface area contributed by atoms with Crippen molar-refractivity contribution in [1.29, 1.82) is 0 Å². The molecule has 0 radical (unpaired) electrons. The van der Waals surface area contributed by atoms with E-state index in [9.17, 15) is 22.8 Å². The zero-order valence-electron chi connectivity index (χ0n) is 14.1. The van der Waals surface area contributed by atoms with Gasteiger partial charge in [0.2, 0.25) is 11.8 Å². The molecule has 8 heteroatoms. The fraction of sp³-hybridized carbons (Fsp3) is 0.444. The summed E-state index contributed by atoms with van der Waals surface area (Å²) in [6.45, 7) is 4.81. The smallest absolute Gasteiger partial charge is 0.341 e. The number of nitrogens with one attached hydrogen (secondary N) is 2. The van der Waals surface area contributed by atoms with Gasteiger partial charge in [-0.15, -0.1) is 0 Å². The summed E-state index contributed by atoms with van der Waals surface area (Å²) >= 11 is 0. The number of nitrogens with zero attached hydrogens (tertiary/aromatic N) is 1. The van der Waals surface area contributed by atoms with Crippen LogP contribution in [0.15, 0.2) is 36.9 Å². The summed E-state index contributed by atoms with van der Waals surface area (Å²) in [7, 11) is 0. The number of rotatable bonds is 3. The van der Waals surface area contributed by atoms with Crippen LogP contribution in [0.4, 0.5) is 18.9 Å². The minimum Gasteiger partial charge on any atom is -0.341 e. The highest BCUT2D eigenvalue weighted by molar-refractivity contribution is 6.01. The number of benzene rings is 1. The van der Waals surface area contributed by atoms with Crippen LogP contribution in [0.1, 0.15) is 19.8 Å². The Balaban J connectivity index is 0.00000261. The predicted octanol–water partition coefficient (Wildman–Crippen LogP) is 2.34. The SMILES string of the molecule is C=CC(=O)NC1CC2CNCCC2N(c2ccc(C(F)(F)F)cc2)C1=O.[HH]. The first kappa shape index (κ1) is 18.4. The first-order valence-corrected chi connectivity index (χ1v) is 8.45. The fourth-order valence-electron chi connectivity index (χ4n) is 3.71. The van der Waals surface area contributed by atoms with E-state index in [2.05, 4.69) is 17.2 Å². The number of amides is 2. The summed E-state index contributed by atoms with van der Waals surface area (Å²) in [5.74, 6) is -0.639. The topological polar surface area (TPSA) is 61.4 Å². The Labute approximate surface area is 150 Å². The molecule has 2 saturated heterocycles. The number of carbonyl (C=O) groups is 2. The second-order valence-electron chi connectivity index (χ2n) is 6.57. The van der Waals surface area contributed by atoms with Gasteiger partial charge in [0.15, 0.2) is 0 Å². The van der Waals surface area contributed by atoms with Crippen LogP contribution in [-0.4, -0.2) is 37.0 Å². The number of fused-ring (bicyclic) bond motifs is 1. The van der Waals surface area contributed by atoms with Crippen LogP contribution in [0, 0.1) is 5.92 Å². The lowest BCUT2D eigenvalue weighted by Crippen LogP contribution is -2.63. The maximum absolute atomic E-state index is 12.9. The molecule has 2 aliphatic rings. The molecule has 2 N–H and O–H groups in total. The standard InChI is InChI=1S/C18H20F3N3O2.H2/c1-2-16(25)23-14-9-11-10-22-8-7-15(11)24(17(14)26)13-5-3-12(4-6-13)18(19,20)21;/h2-6,11,14-15,22H,1,7-10H2,(H,23,25);1H. The minimum atomic E-state index is -4.43. The average Bonchev–Trinajstić information content (AvgIpc) is 2.61. The lowest BCUT2D eigenvalue weighted by molar-refractivity contribution is -0.137. The van der Waals surface area contributed by atoms with Gasteiger partial charge in [0.1, 0.15) is 6.04 Å². The quantitative estimate of drug-likeness (QED) is 0.804. The molecule has 0 saturated carbocycles. The lowest BCUT2D eigenvalue weighted by Gasteiger charge is -2.46. The zero-order valence-corrected chi connectivity index (χ0v) is 14.1. The van der Waals surface area contributed by atoms with Crippen LogP contribution in [0.25, 0.3) is 0 Å². The van der Waals surface area contributed by atoms with Gasteiger partial charge in [-0.25, -0.2) is 0 Å². The van der Waals surface area contributed by atoms with E-state index >= 15 is 0 Å². The largest absolute Gasteiger partial charge is 0.416 e. The Bertz CT molecular complexity index is 709. The molecule has 3 atom stereocenters. The fourth-order valence-corrected chi connectivity index (χ4v) is 3.71. The van der Waals surface area contributed by atoms with Gasteiger partial charge in [-0.1, -0.05) is 6.58 Å². The zero-order chi connectivity index (χ0) is 18.9. The molecule has 2 aliphatic heterocycles. The molecule has 2 fully saturated rings. The van der Waals surface area contributed by atoms with Gasteiger partial charge in [0.25, 0.3) is 0 Å². The maximum Gasteiger partial charge on any atom is 0.416 e. The van der Waals surface area contributed by atoms with E-state index in [-0.39, 0.29) is 19.3 Å². The molecule has 26 heavy (non-hydrogen) atoms. The maximum atomic E-state index is 12.9. The molecule has 0 bridgehead atoms. The Kier molecular flexibility index (Phi) is 5.04. The summed E-state index contributed by atoms with van der Waals surface area (Å²) in [5.41, 5.74) is -0.346. The highest BCUT2D eigenvalue weighted by atomic mass is 19.4. The third kappa shape index (κ3) is 3.60. The van der Waals surface area contributed by atoms with Crippen molar-refractivity contribution in [2.75, 3.05) is 18.0 Å². The van der Waals surface area contributed by atoms with E-state index in [4.69, 9.17) is 0 Å². The van der Waals surface area contributed by atoms with Gasteiger partial charge in [0.05, 0.1) is 5.56 Å². The second kappa shape index (κ2) is 7.11. The Morgan fingerprint density at radius 3 is 2.65 bits per heavy atom. The first-order valence-electron chi connectivity index (χ1n) is 8.45. The molecule has 0 aliphatic carbocycles. The predicted molar refractivity (Wildman–Crippen MR) is 92.6 cm³/mol. The van der Waals surface area contributed by atoms with Crippen molar-refractivity contribution in [2.24, 2.45) is 5.92 Å². The minimum absolute atomic E-state index is 0. The summed E-state index contributed by atoms with van der Waals surface area (Å²) in [4.78, 5) is 26.1. The Hall–Kier alpha value is -2.35. The van der Waals surface area contributed by atoms with Crippen LogP contribution < -0.4 is 15.5 Å². The van der Waals surface area contributed by atoms with Gasteiger partial charge in [-0.3, -0.25) is 9.59 Å². The monoisotopic (exact) mass is 369 g/mol. The lowest BCUT2D eigenvalue weighted by atomic mass is 9.81. The van der Waals surface area contributed by atoms with Crippen LogP contribution >= 0.6 is 0 Å². The van der Waals surface area contributed by atoms with Gasteiger partial charge in [0, 0.05) is 19.7 Å².